The molecule has 1 aliphatic heterocycles. The van der Waals surface area contributed by atoms with Crippen LogP contribution in [0.5, 0.6) is 5.75 Å². The highest BCUT2D eigenvalue weighted by atomic mass is 16.5. The van der Waals surface area contributed by atoms with Crippen molar-refractivity contribution >= 4 is 12.0 Å². The number of carbonyl (C=O) groups is 2. The molecule has 1 aliphatic rings. The van der Waals surface area contributed by atoms with Crippen molar-refractivity contribution < 1.29 is 19.4 Å². The number of carboxylic acids is 1. The van der Waals surface area contributed by atoms with E-state index in [0.717, 1.165) is 11.3 Å². The Balaban J connectivity index is 1.97. The van der Waals surface area contributed by atoms with E-state index in [1.165, 1.54) is 0 Å². The van der Waals surface area contributed by atoms with Crippen LogP contribution in [0.2, 0.25) is 0 Å². The molecule has 0 aliphatic carbocycles. The predicted molar refractivity (Wildman–Crippen MR) is 90.9 cm³/mol. The predicted octanol–water partition coefficient (Wildman–Crippen LogP) is 2.73. The summed E-state index contributed by atoms with van der Waals surface area (Å²) in [6.45, 7) is 7.08. The van der Waals surface area contributed by atoms with Crippen molar-refractivity contribution in [3.63, 3.8) is 0 Å². The molecular weight excluding hydrogens is 308 g/mol. The summed E-state index contributed by atoms with van der Waals surface area (Å²) >= 11 is 0. The van der Waals surface area contributed by atoms with Gasteiger partial charge in [0.25, 0.3) is 0 Å². The summed E-state index contributed by atoms with van der Waals surface area (Å²) in [4.78, 5) is 25.2. The molecule has 2 rings (SSSR count). The molecule has 6 heteroatoms. The van der Waals surface area contributed by atoms with E-state index >= 15 is 0 Å². The minimum atomic E-state index is -0.838. The first-order valence-electron chi connectivity index (χ1n) is 8.37. The van der Waals surface area contributed by atoms with Gasteiger partial charge in [-0.1, -0.05) is 25.1 Å². The molecule has 6 nitrogen and oxygen atoms in total. The first kappa shape index (κ1) is 18.1. The van der Waals surface area contributed by atoms with Crippen molar-refractivity contribution in [1.82, 2.24) is 10.2 Å². The minimum Gasteiger partial charge on any atom is -0.491 e. The van der Waals surface area contributed by atoms with Crippen molar-refractivity contribution in [2.75, 3.05) is 13.1 Å². The zero-order valence-electron chi connectivity index (χ0n) is 14.5. The maximum atomic E-state index is 12.4. The third kappa shape index (κ3) is 4.88. The number of rotatable bonds is 5. The number of hydrogen-bond acceptors (Lipinski definition) is 3. The number of likely N-dealkylation sites (tertiary alicyclic amines) is 1. The summed E-state index contributed by atoms with van der Waals surface area (Å²) in [7, 11) is 0. The Kier molecular flexibility index (Phi) is 6.06. The van der Waals surface area contributed by atoms with Gasteiger partial charge < -0.3 is 20.1 Å². The molecule has 0 bridgehead atoms. The van der Waals surface area contributed by atoms with Crippen LogP contribution in [0.25, 0.3) is 0 Å². The topological polar surface area (TPSA) is 78.9 Å². The summed E-state index contributed by atoms with van der Waals surface area (Å²) in [5, 5.41) is 12.1. The largest absolute Gasteiger partial charge is 0.491 e. The van der Waals surface area contributed by atoms with Gasteiger partial charge in [-0.2, -0.15) is 0 Å². The van der Waals surface area contributed by atoms with Gasteiger partial charge in [0.15, 0.2) is 0 Å². The van der Waals surface area contributed by atoms with Crippen molar-refractivity contribution in [2.45, 2.75) is 39.8 Å². The number of carboxylic acid groups (broad SMARTS) is 1. The summed E-state index contributed by atoms with van der Waals surface area (Å²) in [6.07, 6.45) is 0.672. The van der Waals surface area contributed by atoms with Crippen LogP contribution in [-0.4, -0.2) is 41.2 Å². The number of urea groups is 1. The Morgan fingerprint density at radius 3 is 2.71 bits per heavy atom. The third-order valence-corrected chi connectivity index (χ3v) is 4.06. The Morgan fingerprint density at radius 2 is 2.04 bits per heavy atom. The van der Waals surface area contributed by atoms with E-state index in [9.17, 15) is 14.7 Å². The molecule has 2 atom stereocenters. The molecule has 132 valence electrons. The van der Waals surface area contributed by atoms with Crippen LogP contribution in [0.1, 0.15) is 32.8 Å². The number of piperidine rings is 1. The van der Waals surface area contributed by atoms with E-state index in [0.29, 0.717) is 19.5 Å². The molecule has 0 saturated carbocycles. The summed E-state index contributed by atoms with van der Waals surface area (Å²) in [5.41, 5.74) is 0.902. The van der Waals surface area contributed by atoms with Crippen LogP contribution >= 0.6 is 0 Å². The number of hydrogen-bond donors (Lipinski definition) is 2. The molecule has 1 aromatic rings. The molecule has 24 heavy (non-hydrogen) atoms. The average Bonchev–Trinajstić information content (AvgIpc) is 2.52. The zero-order chi connectivity index (χ0) is 17.7. The van der Waals surface area contributed by atoms with Crippen molar-refractivity contribution in [3.05, 3.63) is 29.8 Å². The number of benzene rings is 1. The number of para-hydroxylation sites is 1. The first-order valence-corrected chi connectivity index (χ1v) is 8.37. The summed E-state index contributed by atoms with van der Waals surface area (Å²) in [6, 6.07) is 7.36. The molecule has 1 saturated heterocycles. The van der Waals surface area contributed by atoms with E-state index in [-0.39, 0.29) is 24.6 Å². The molecule has 1 aromatic carbocycles. The van der Waals surface area contributed by atoms with Crippen LogP contribution in [0.3, 0.4) is 0 Å². The lowest BCUT2D eigenvalue weighted by atomic mass is 9.91. The zero-order valence-corrected chi connectivity index (χ0v) is 14.5. The number of nitrogens with zero attached hydrogens (tertiary/aromatic N) is 1. The summed E-state index contributed by atoms with van der Waals surface area (Å²) in [5.74, 6) is -0.392. The molecule has 2 amide bonds. The fourth-order valence-electron chi connectivity index (χ4n) is 3.00. The van der Waals surface area contributed by atoms with Crippen molar-refractivity contribution in [3.8, 4) is 5.75 Å². The number of carbonyl (C=O) groups excluding carboxylic acids is 1. The maximum Gasteiger partial charge on any atom is 0.317 e. The lowest BCUT2D eigenvalue weighted by molar-refractivity contribution is -0.143. The Labute approximate surface area is 142 Å². The SMILES string of the molecule is CC1CC(C(=O)O)CN(C(=O)NCc2ccccc2OC(C)C)C1. The van der Waals surface area contributed by atoms with Crippen LogP contribution in [0.4, 0.5) is 4.79 Å². The number of amides is 2. The van der Waals surface area contributed by atoms with E-state index in [4.69, 9.17) is 4.74 Å². The minimum absolute atomic E-state index is 0.0566. The second-order valence-corrected chi connectivity index (χ2v) is 6.71. The quantitative estimate of drug-likeness (QED) is 0.868. The standard InChI is InChI=1S/C18H26N2O4/c1-12(2)24-16-7-5-4-6-14(16)9-19-18(23)20-10-13(3)8-15(11-20)17(21)22/h4-7,12-13,15H,8-11H2,1-3H3,(H,19,23)(H,21,22). The van der Waals surface area contributed by atoms with Gasteiger partial charge in [0.1, 0.15) is 5.75 Å². The van der Waals surface area contributed by atoms with E-state index in [2.05, 4.69) is 5.32 Å². The van der Waals surface area contributed by atoms with Crippen LogP contribution in [0.15, 0.2) is 24.3 Å². The first-order chi connectivity index (χ1) is 11.4. The van der Waals surface area contributed by atoms with Crippen molar-refractivity contribution in [1.29, 1.82) is 0 Å². The Hall–Kier alpha value is -2.24. The van der Waals surface area contributed by atoms with E-state index in [1.807, 2.05) is 45.0 Å². The van der Waals surface area contributed by atoms with E-state index < -0.39 is 11.9 Å². The smallest absolute Gasteiger partial charge is 0.317 e. The highest BCUT2D eigenvalue weighted by molar-refractivity contribution is 5.76. The van der Waals surface area contributed by atoms with Gasteiger partial charge in [-0.3, -0.25) is 4.79 Å². The Morgan fingerprint density at radius 1 is 1.33 bits per heavy atom. The van der Waals surface area contributed by atoms with Gasteiger partial charge in [0.05, 0.1) is 12.0 Å². The second kappa shape index (κ2) is 8.04. The third-order valence-electron chi connectivity index (χ3n) is 4.06. The van der Waals surface area contributed by atoms with E-state index in [1.54, 1.807) is 4.90 Å². The molecule has 1 fully saturated rings. The molecule has 2 unspecified atom stereocenters. The van der Waals surface area contributed by atoms with Gasteiger partial charge >= 0.3 is 12.0 Å². The van der Waals surface area contributed by atoms with Gasteiger partial charge in [0, 0.05) is 25.2 Å². The molecule has 2 N–H and O–H groups in total. The van der Waals surface area contributed by atoms with Gasteiger partial charge in [-0.05, 0) is 32.3 Å². The monoisotopic (exact) mass is 334 g/mol. The fourth-order valence-corrected chi connectivity index (χ4v) is 3.00. The molecule has 0 aromatic heterocycles. The molecule has 0 radical (unpaired) electrons. The second-order valence-electron chi connectivity index (χ2n) is 6.71. The molecule has 0 spiro atoms. The lowest BCUT2D eigenvalue weighted by Gasteiger charge is -2.34. The van der Waals surface area contributed by atoms with Gasteiger partial charge in [-0.25, -0.2) is 4.79 Å². The average molecular weight is 334 g/mol. The van der Waals surface area contributed by atoms with Crippen LogP contribution in [-0.2, 0) is 11.3 Å². The highest BCUT2D eigenvalue weighted by Crippen LogP contribution is 2.22. The molecule has 1 heterocycles. The van der Waals surface area contributed by atoms with Crippen LogP contribution in [0, 0.1) is 11.8 Å². The number of aliphatic carboxylic acids is 1. The lowest BCUT2D eigenvalue weighted by Crippen LogP contribution is -2.49. The summed E-state index contributed by atoms with van der Waals surface area (Å²) < 4.78 is 5.75. The van der Waals surface area contributed by atoms with Crippen molar-refractivity contribution in [2.24, 2.45) is 11.8 Å². The maximum absolute atomic E-state index is 12.4. The van der Waals surface area contributed by atoms with Crippen LogP contribution < -0.4 is 10.1 Å². The fraction of sp³-hybridized carbons (Fsp3) is 0.556. The van der Waals surface area contributed by atoms with Gasteiger partial charge in [-0.15, -0.1) is 0 Å². The Bertz CT molecular complexity index is 588. The highest BCUT2D eigenvalue weighted by Gasteiger charge is 2.31. The number of ether oxygens (including phenoxy) is 1. The normalized spacial score (nSPS) is 20.8. The van der Waals surface area contributed by atoms with Gasteiger partial charge in [0.2, 0.25) is 0 Å². The number of nitrogens with one attached hydrogen (secondary N) is 1. The molecular formula is C18H26N2O4.